The molecule has 1 aliphatic rings. The van der Waals surface area contributed by atoms with Crippen LogP contribution in [0.1, 0.15) is 33.9 Å². The van der Waals surface area contributed by atoms with Gasteiger partial charge in [-0.2, -0.15) is 0 Å². The lowest BCUT2D eigenvalue weighted by Gasteiger charge is -2.26. The van der Waals surface area contributed by atoms with Gasteiger partial charge >= 0.3 is 0 Å². The highest BCUT2D eigenvalue weighted by Gasteiger charge is 2.39. The van der Waals surface area contributed by atoms with E-state index in [-0.39, 0.29) is 11.9 Å². The van der Waals surface area contributed by atoms with Gasteiger partial charge in [0.2, 0.25) is 0 Å². The lowest BCUT2D eigenvalue weighted by Crippen LogP contribution is -2.30. The number of amides is 1. The third-order valence-corrected chi connectivity index (χ3v) is 6.92. The number of benzene rings is 4. The maximum Gasteiger partial charge on any atom is 0.255 e. The van der Waals surface area contributed by atoms with Crippen LogP contribution in [0.3, 0.4) is 0 Å². The highest BCUT2D eigenvalue weighted by molar-refractivity contribution is 6.17. The van der Waals surface area contributed by atoms with E-state index in [1.807, 2.05) is 29.2 Å². The number of hydrogen-bond donors (Lipinski definition) is 1. The third-order valence-electron chi connectivity index (χ3n) is 6.65. The molecule has 0 fully saturated rings. The van der Waals surface area contributed by atoms with Crippen LogP contribution >= 0.6 is 11.6 Å². The number of para-hydroxylation sites is 1. The number of nitrogens with one attached hydrogen (secondary N) is 1. The molecule has 33 heavy (non-hydrogen) atoms. The predicted octanol–water partition coefficient (Wildman–Crippen LogP) is 7.16. The largest absolute Gasteiger partial charge is 0.354 e. The summed E-state index contributed by atoms with van der Waals surface area (Å²) in [5.74, 6) is 0.605. The van der Waals surface area contributed by atoms with E-state index in [2.05, 4.69) is 71.7 Å². The molecule has 1 unspecified atom stereocenters. The van der Waals surface area contributed by atoms with Crippen LogP contribution in [0.5, 0.6) is 0 Å². The lowest BCUT2D eigenvalue weighted by atomic mass is 9.92. The third kappa shape index (κ3) is 3.23. The zero-order valence-corrected chi connectivity index (χ0v) is 18.8. The van der Waals surface area contributed by atoms with Gasteiger partial charge in [-0.3, -0.25) is 4.79 Å². The number of rotatable bonds is 5. The normalized spacial score (nSPS) is 15.5. The summed E-state index contributed by atoms with van der Waals surface area (Å²) in [6, 6.07) is 31.2. The Labute approximate surface area is 197 Å². The van der Waals surface area contributed by atoms with E-state index in [9.17, 15) is 4.79 Å². The van der Waals surface area contributed by atoms with E-state index in [0.717, 1.165) is 45.3 Å². The van der Waals surface area contributed by atoms with Crippen LogP contribution in [-0.2, 0) is 0 Å². The van der Waals surface area contributed by atoms with E-state index < -0.39 is 0 Å². The van der Waals surface area contributed by atoms with Crippen LogP contribution in [0, 0.1) is 0 Å². The van der Waals surface area contributed by atoms with Crippen molar-refractivity contribution >= 4 is 39.2 Å². The van der Waals surface area contributed by atoms with E-state index >= 15 is 0 Å². The molecule has 0 aliphatic carbocycles. The van der Waals surface area contributed by atoms with Crippen LogP contribution in [-0.4, -0.2) is 28.2 Å². The second-order valence-corrected chi connectivity index (χ2v) is 8.93. The van der Waals surface area contributed by atoms with Crippen LogP contribution in [0.25, 0.3) is 32.9 Å². The molecule has 1 N–H and O–H groups in total. The molecule has 4 aromatic carbocycles. The number of carbonyl (C=O) groups excluding carboxylic acids is 1. The summed E-state index contributed by atoms with van der Waals surface area (Å²) in [6.07, 6.45) is 0.755. The second kappa shape index (κ2) is 8.09. The molecule has 2 heterocycles. The van der Waals surface area contributed by atoms with Crippen molar-refractivity contribution < 1.29 is 4.79 Å². The van der Waals surface area contributed by atoms with Crippen molar-refractivity contribution in [1.29, 1.82) is 0 Å². The molecular formula is C29H23ClN2O. The monoisotopic (exact) mass is 450 g/mol. The lowest BCUT2D eigenvalue weighted by molar-refractivity contribution is 0.0751. The van der Waals surface area contributed by atoms with Gasteiger partial charge in [0.1, 0.15) is 0 Å². The first kappa shape index (κ1) is 20.1. The number of nitrogens with zero attached hydrogens (tertiary/aromatic N) is 1. The first-order chi connectivity index (χ1) is 16.3. The van der Waals surface area contributed by atoms with Gasteiger partial charge in [0.15, 0.2) is 0 Å². The minimum Gasteiger partial charge on any atom is -0.354 e. The maximum atomic E-state index is 13.4. The Hall–Kier alpha value is -3.56. The van der Waals surface area contributed by atoms with Crippen molar-refractivity contribution in [3.8, 4) is 11.3 Å². The molecule has 0 spiro atoms. The molecule has 6 rings (SSSR count). The minimum atomic E-state index is -0.158. The fourth-order valence-corrected chi connectivity index (χ4v) is 5.28. The maximum absolute atomic E-state index is 13.4. The highest BCUT2D eigenvalue weighted by Crippen LogP contribution is 2.45. The fraction of sp³-hybridized carbons (Fsp3) is 0.138. The predicted molar refractivity (Wildman–Crippen MR) is 136 cm³/mol. The van der Waals surface area contributed by atoms with E-state index in [1.165, 1.54) is 10.8 Å². The van der Waals surface area contributed by atoms with Crippen LogP contribution in [0.2, 0.25) is 0 Å². The van der Waals surface area contributed by atoms with Gasteiger partial charge in [-0.15, -0.1) is 11.6 Å². The minimum absolute atomic E-state index is 0.0791. The number of halogens is 1. The molecule has 1 amide bonds. The van der Waals surface area contributed by atoms with Crippen molar-refractivity contribution in [3.63, 3.8) is 0 Å². The van der Waals surface area contributed by atoms with Crippen molar-refractivity contribution in [2.45, 2.75) is 12.5 Å². The molecular weight excluding hydrogens is 428 g/mol. The van der Waals surface area contributed by atoms with Gasteiger partial charge in [-0.1, -0.05) is 72.8 Å². The van der Waals surface area contributed by atoms with Crippen LogP contribution in [0.4, 0.5) is 0 Å². The van der Waals surface area contributed by atoms with Crippen molar-refractivity contribution in [2.75, 3.05) is 12.4 Å². The molecule has 162 valence electrons. The number of alkyl halides is 1. The van der Waals surface area contributed by atoms with Gasteiger partial charge in [0.25, 0.3) is 5.91 Å². The number of fused-ring (bicyclic) bond motifs is 3. The van der Waals surface area contributed by atoms with Gasteiger partial charge in [-0.25, -0.2) is 0 Å². The fourth-order valence-electron chi connectivity index (χ4n) is 5.16. The number of carbonyl (C=O) groups is 1. The molecule has 0 radical (unpaired) electrons. The Bertz CT molecular complexity index is 1500. The topological polar surface area (TPSA) is 36.1 Å². The molecule has 1 atom stereocenters. The van der Waals surface area contributed by atoms with Gasteiger partial charge in [0, 0.05) is 34.5 Å². The van der Waals surface area contributed by atoms with Gasteiger partial charge in [-0.05, 0) is 46.5 Å². The Balaban J connectivity index is 1.62. The first-order valence-electron chi connectivity index (χ1n) is 11.3. The Kier molecular flexibility index (Phi) is 4.92. The van der Waals surface area contributed by atoms with Crippen molar-refractivity contribution in [3.05, 3.63) is 108 Å². The molecule has 5 aromatic rings. The SMILES string of the molecule is O=C1c2ccccc2C(c2c(-c3ccc4ccccc4c3)[nH]c3ccccc23)N1CCCCl. The summed E-state index contributed by atoms with van der Waals surface area (Å²) in [7, 11) is 0. The van der Waals surface area contributed by atoms with Gasteiger partial charge in [0.05, 0.1) is 11.7 Å². The molecule has 0 bridgehead atoms. The standard InChI is InChI=1S/C29H23ClN2O/c30-16-7-17-32-28(22-10-3-4-11-23(22)29(32)33)26-24-12-5-6-13-25(24)31-27(26)21-15-14-19-8-1-2-9-20(19)18-21/h1-6,8-15,18,28,31H,7,16-17H2. The molecule has 0 saturated carbocycles. The second-order valence-electron chi connectivity index (χ2n) is 8.55. The highest BCUT2D eigenvalue weighted by atomic mass is 35.5. The Morgan fingerprint density at radius 2 is 1.61 bits per heavy atom. The summed E-state index contributed by atoms with van der Waals surface area (Å²) >= 11 is 6.05. The number of H-pyrrole nitrogens is 1. The number of aromatic nitrogens is 1. The molecule has 3 nitrogen and oxygen atoms in total. The Morgan fingerprint density at radius 1 is 0.848 bits per heavy atom. The number of hydrogen-bond acceptors (Lipinski definition) is 1. The summed E-state index contributed by atoms with van der Waals surface area (Å²) in [4.78, 5) is 19.1. The summed E-state index contributed by atoms with van der Waals surface area (Å²) in [6.45, 7) is 0.623. The molecule has 1 aromatic heterocycles. The first-order valence-corrected chi connectivity index (χ1v) is 11.9. The Morgan fingerprint density at radius 3 is 2.48 bits per heavy atom. The van der Waals surface area contributed by atoms with E-state index in [0.29, 0.717) is 12.4 Å². The van der Waals surface area contributed by atoms with E-state index in [1.54, 1.807) is 0 Å². The van der Waals surface area contributed by atoms with Crippen molar-refractivity contribution in [2.24, 2.45) is 0 Å². The molecule has 4 heteroatoms. The van der Waals surface area contributed by atoms with Crippen molar-refractivity contribution in [1.82, 2.24) is 9.88 Å². The summed E-state index contributed by atoms with van der Waals surface area (Å²) in [5, 5.41) is 3.55. The zero-order valence-electron chi connectivity index (χ0n) is 18.1. The average molecular weight is 451 g/mol. The zero-order chi connectivity index (χ0) is 22.4. The smallest absolute Gasteiger partial charge is 0.255 e. The summed E-state index contributed by atoms with van der Waals surface area (Å²) in [5.41, 5.74) is 6.25. The molecule has 1 aliphatic heterocycles. The van der Waals surface area contributed by atoms with Crippen LogP contribution < -0.4 is 0 Å². The quantitative estimate of drug-likeness (QED) is 0.283. The van der Waals surface area contributed by atoms with Crippen LogP contribution in [0.15, 0.2) is 91.0 Å². The van der Waals surface area contributed by atoms with Gasteiger partial charge < -0.3 is 9.88 Å². The number of aromatic amines is 1. The van der Waals surface area contributed by atoms with E-state index in [4.69, 9.17) is 11.6 Å². The molecule has 0 saturated heterocycles. The average Bonchev–Trinajstić information content (AvgIpc) is 3.37. The summed E-state index contributed by atoms with van der Waals surface area (Å²) < 4.78 is 0.